The van der Waals surface area contributed by atoms with E-state index in [-0.39, 0.29) is 18.3 Å². The first-order valence-electron chi connectivity index (χ1n) is 4.79. The van der Waals surface area contributed by atoms with Crippen LogP contribution in [0.4, 0.5) is 11.4 Å². The maximum absolute atomic E-state index is 10.7. The van der Waals surface area contributed by atoms with Crippen LogP contribution in [0.3, 0.4) is 0 Å². The molecule has 0 saturated carbocycles. The number of hydrogen-bond donors (Lipinski definition) is 2. The first-order chi connectivity index (χ1) is 7.19. The van der Waals surface area contributed by atoms with E-state index in [1.54, 1.807) is 18.2 Å². The van der Waals surface area contributed by atoms with Crippen LogP contribution in [0.2, 0.25) is 0 Å². The van der Waals surface area contributed by atoms with Crippen LogP contribution >= 0.6 is 0 Å². The van der Waals surface area contributed by atoms with Gasteiger partial charge < -0.3 is 10.4 Å². The summed E-state index contributed by atoms with van der Waals surface area (Å²) in [6, 6.07) is 6.26. The van der Waals surface area contributed by atoms with Crippen LogP contribution in [0.25, 0.3) is 0 Å². The highest BCUT2D eigenvalue weighted by molar-refractivity contribution is 5.61. The van der Waals surface area contributed by atoms with Crippen molar-refractivity contribution in [2.24, 2.45) is 0 Å². The van der Waals surface area contributed by atoms with Gasteiger partial charge in [-0.15, -0.1) is 0 Å². The lowest BCUT2D eigenvalue weighted by Gasteiger charge is -2.15. The molecule has 82 valence electrons. The topological polar surface area (TPSA) is 75.4 Å². The molecule has 1 atom stereocenters. The highest BCUT2D eigenvalue weighted by Gasteiger charge is 2.14. The van der Waals surface area contributed by atoms with Gasteiger partial charge in [0.2, 0.25) is 0 Å². The largest absolute Gasteiger partial charge is 0.394 e. The molecule has 1 rings (SSSR count). The van der Waals surface area contributed by atoms with Crippen molar-refractivity contribution in [1.29, 1.82) is 0 Å². The summed E-state index contributed by atoms with van der Waals surface area (Å²) >= 11 is 0. The lowest BCUT2D eigenvalue weighted by atomic mass is 10.2. The third kappa shape index (κ3) is 2.92. The molecule has 0 amide bonds. The minimum atomic E-state index is -0.438. The summed E-state index contributed by atoms with van der Waals surface area (Å²) in [6.07, 6.45) is 0.711. The van der Waals surface area contributed by atoms with Crippen LogP contribution < -0.4 is 5.32 Å². The quantitative estimate of drug-likeness (QED) is 0.573. The third-order valence-corrected chi connectivity index (χ3v) is 2.17. The van der Waals surface area contributed by atoms with Gasteiger partial charge in [0.25, 0.3) is 5.69 Å². The molecule has 0 aromatic heterocycles. The lowest BCUT2D eigenvalue weighted by Crippen LogP contribution is -2.22. The fraction of sp³-hybridized carbons (Fsp3) is 0.400. The Balaban J connectivity index is 2.88. The van der Waals surface area contributed by atoms with Gasteiger partial charge in [0, 0.05) is 12.1 Å². The van der Waals surface area contributed by atoms with Gasteiger partial charge in [0.05, 0.1) is 11.5 Å². The first kappa shape index (κ1) is 11.5. The predicted molar refractivity (Wildman–Crippen MR) is 57.9 cm³/mol. The van der Waals surface area contributed by atoms with Gasteiger partial charge in [-0.05, 0) is 12.5 Å². The van der Waals surface area contributed by atoms with Crippen molar-refractivity contribution in [3.05, 3.63) is 34.4 Å². The summed E-state index contributed by atoms with van der Waals surface area (Å²) in [4.78, 5) is 10.2. The van der Waals surface area contributed by atoms with Gasteiger partial charge in [-0.2, -0.15) is 0 Å². The molecular weight excluding hydrogens is 196 g/mol. The van der Waals surface area contributed by atoms with E-state index < -0.39 is 4.92 Å². The van der Waals surface area contributed by atoms with Crippen LogP contribution in [-0.2, 0) is 0 Å². The zero-order valence-corrected chi connectivity index (χ0v) is 8.51. The number of para-hydroxylation sites is 2. The van der Waals surface area contributed by atoms with Crippen molar-refractivity contribution >= 4 is 11.4 Å². The van der Waals surface area contributed by atoms with Gasteiger partial charge in [0.1, 0.15) is 5.69 Å². The lowest BCUT2D eigenvalue weighted by molar-refractivity contribution is -0.384. The van der Waals surface area contributed by atoms with Crippen molar-refractivity contribution in [2.75, 3.05) is 11.9 Å². The van der Waals surface area contributed by atoms with Crippen LogP contribution in [0.5, 0.6) is 0 Å². The van der Waals surface area contributed by atoms with E-state index in [4.69, 9.17) is 5.11 Å². The molecule has 0 bridgehead atoms. The third-order valence-electron chi connectivity index (χ3n) is 2.17. The number of benzene rings is 1. The maximum atomic E-state index is 10.7. The van der Waals surface area contributed by atoms with Crippen LogP contribution in [-0.4, -0.2) is 22.7 Å². The molecule has 5 heteroatoms. The molecule has 2 N–H and O–H groups in total. The summed E-state index contributed by atoms with van der Waals surface area (Å²) in [7, 11) is 0. The number of rotatable bonds is 5. The molecule has 0 heterocycles. The zero-order valence-electron chi connectivity index (χ0n) is 8.51. The molecule has 5 nitrogen and oxygen atoms in total. The van der Waals surface area contributed by atoms with Crippen LogP contribution in [0.15, 0.2) is 24.3 Å². The summed E-state index contributed by atoms with van der Waals surface area (Å²) in [5, 5.41) is 22.6. The van der Waals surface area contributed by atoms with E-state index in [2.05, 4.69) is 5.32 Å². The van der Waals surface area contributed by atoms with Crippen molar-refractivity contribution in [2.45, 2.75) is 19.4 Å². The number of nitrogens with zero attached hydrogens (tertiary/aromatic N) is 1. The molecule has 0 aliphatic rings. The zero-order chi connectivity index (χ0) is 11.3. The average molecular weight is 210 g/mol. The highest BCUT2D eigenvalue weighted by Crippen LogP contribution is 2.24. The standard InChI is InChI=1S/C10H14N2O3/c1-2-8(7-13)11-9-5-3-4-6-10(9)12(14)15/h3-6,8,11,13H,2,7H2,1H3. The SMILES string of the molecule is CCC(CO)Nc1ccccc1[N+](=O)[O-]. The number of nitrogens with one attached hydrogen (secondary N) is 1. The molecule has 1 aromatic carbocycles. The van der Waals surface area contributed by atoms with Gasteiger partial charge in [0.15, 0.2) is 0 Å². The minimum absolute atomic E-state index is 0.0319. The summed E-state index contributed by atoms with van der Waals surface area (Å²) in [6.45, 7) is 1.87. The van der Waals surface area contributed by atoms with Crippen molar-refractivity contribution < 1.29 is 10.0 Å². The molecule has 0 aliphatic carbocycles. The molecule has 0 radical (unpaired) electrons. The van der Waals surface area contributed by atoms with E-state index in [1.165, 1.54) is 6.07 Å². The Hall–Kier alpha value is -1.62. The van der Waals surface area contributed by atoms with Crippen LogP contribution in [0, 0.1) is 10.1 Å². The van der Waals surface area contributed by atoms with Gasteiger partial charge >= 0.3 is 0 Å². The van der Waals surface area contributed by atoms with E-state index in [0.717, 1.165) is 0 Å². The van der Waals surface area contributed by atoms with E-state index >= 15 is 0 Å². The Morgan fingerprint density at radius 3 is 2.73 bits per heavy atom. The molecule has 0 fully saturated rings. The van der Waals surface area contributed by atoms with Crippen LogP contribution in [0.1, 0.15) is 13.3 Å². The number of nitro groups is 1. The van der Waals surface area contributed by atoms with Crippen molar-refractivity contribution in [1.82, 2.24) is 0 Å². The van der Waals surface area contributed by atoms with Crippen molar-refractivity contribution in [3.8, 4) is 0 Å². The molecule has 0 aliphatic heterocycles. The van der Waals surface area contributed by atoms with E-state index in [9.17, 15) is 10.1 Å². The van der Waals surface area contributed by atoms with Gasteiger partial charge in [-0.3, -0.25) is 10.1 Å². The summed E-state index contributed by atoms with van der Waals surface area (Å²) in [5.74, 6) is 0. The predicted octanol–water partition coefficient (Wildman–Crippen LogP) is 1.78. The Labute approximate surface area is 87.9 Å². The summed E-state index contributed by atoms with van der Waals surface area (Å²) in [5.41, 5.74) is 0.479. The molecule has 0 saturated heterocycles. The smallest absolute Gasteiger partial charge is 0.292 e. The highest BCUT2D eigenvalue weighted by atomic mass is 16.6. The molecule has 1 aromatic rings. The maximum Gasteiger partial charge on any atom is 0.292 e. The number of hydrogen-bond acceptors (Lipinski definition) is 4. The second kappa shape index (κ2) is 5.31. The van der Waals surface area contributed by atoms with Gasteiger partial charge in [-0.1, -0.05) is 19.1 Å². The fourth-order valence-corrected chi connectivity index (χ4v) is 1.25. The van der Waals surface area contributed by atoms with Gasteiger partial charge in [-0.25, -0.2) is 0 Å². The number of aliphatic hydroxyl groups excluding tert-OH is 1. The minimum Gasteiger partial charge on any atom is -0.394 e. The second-order valence-corrected chi connectivity index (χ2v) is 3.21. The Morgan fingerprint density at radius 2 is 2.20 bits per heavy atom. The normalized spacial score (nSPS) is 12.1. The van der Waals surface area contributed by atoms with E-state index in [0.29, 0.717) is 12.1 Å². The molecule has 15 heavy (non-hydrogen) atoms. The second-order valence-electron chi connectivity index (χ2n) is 3.21. The Kier molecular flexibility index (Phi) is 4.05. The molecule has 1 unspecified atom stereocenters. The van der Waals surface area contributed by atoms with Crippen molar-refractivity contribution in [3.63, 3.8) is 0 Å². The average Bonchev–Trinajstić information content (AvgIpc) is 2.26. The summed E-state index contributed by atoms with van der Waals surface area (Å²) < 4.78 is 0. The number of anilines is 1. The molecule has 0 spiro atoms. The van der Waals surface area contributed by atoms with E-state index in [1.807, 2.05) is 6.92 Å². The monoisotopic (exact) mass is 210 g/mol. The first-order valence-corrected chi connectivity index (χ1v) is 4.79. The number of nitro benzene ring substituents is 1. The molecular formula is C10H14N2O3. The Bertz CT molecular complexity index is 337. The fourth-order valence-electron chi connectivity index (χ4n) is 1.25. The number of aliphatic hydroxyl groups is 1. The Morgan fingerprint density at radius 1 is 1.53 bits per heavy atom.